The van der Waals surface area contributed by atoms with Crippen molar-refractivity contribution in [2.45, 2.75) is 6.54 Å². The normalized spacial score (nSPS) is 9.95. The molecular weight excluding hydrogens is 295 g/mol. The minimum absolute atomic E-state index is 0.0131. The molecule has 0 saturated heterocycles. The van der Waals surface area contributed by atoms with Gasteiger partial charge in [0.2, 0.25) is 0 Å². The molecule has 2 aromatic carbocycles. The molecule has 0 bridgehead atoms. The Morgan fingerprint density at radius 3 is 2.71 bits per heavy atom. The van der Waals surface area contributed by atoms with Crippen LogP contribution in [-0.2, 0) is 6.54 Å². The molecule has 106 valence electrons. The van der Waals surface area contributed by atoms with Crippen molar-refractivity contribution in [3.8, 4) is 6.07 Å². The van der Waals surface area contributed by atoms with Gasteiger partial charge < -0.3 is 10.4 Å². The molecule has 0 amide bonds. The Morgan fingerprint density at radius 1 is 1.33 bits per heavy atom. The van der Waals surface area contributed by atoms with Crippen molar-refractivity contribution in [1.82, 2.24) is 0 Å². The highest BCUT2D eigenvalue weighted by molar-refractivity contribution is 6.33. The largest absolute Gasteiger partial charge is 0.478 e. The van der Waals surface area contributed by atoms with Gasteiger partial charge in [0, 0.05) is 12.1 Å². The lowest BCUT2D eigenvalue weighted by atomic mass is 10.1. The summed E-state index contributed by atoms with van der Waals surface area (Å²) in [5, 5.41) is 20.9. The van der Waals surface area contributed by atoms with Crippen LogP contribution in [0.3, 0.4) is 0 Å². The van der Waals surface area contributed by atoms with E-state index in [4.69, 9.17) is 22.0 Å². The van der Waals surface area contributed by atoms with Gasteiger partial charge in [0.15, 0.2) is 0 Å². The van der Waals surface area contributed by atoms with Crippen molar-refractivity contribution in [3.05, 3.63) is 63.9 Å². The number of carbonyl (C=O) groups is 1. The van der Waals surface area contributed by atoms with E-state index in [0.717, 1.165) is 6.07 Å². The predicted molar refractivity (Wildman–Crippen MR) is 76.9 cm³/mol. The number of hydrogen-bond donors (Lipinski definition) is 2. The quantitative estimate of drug-likeness (QED) is 0.904. The molecule has 2 rings (SSSR count). The number of carboxylic acid groups (broad SMARTS) is 1. The third-order valence-electron chi connectivity index (χ3n) is 2.86. The molecule has 6 heteroatoms. The van der Waals surface area contributed by atoms with E-state index in [1.54, 1.807) is 12.1 Å². The summed E-state index contributed by atoms with van der Waals surface area (Å²) in [5.41, 5.74) is 1.19. The topological polar surface area (TPSA) is 73.1 Å². The van der Waals surface area contributed by atoms with Crippen LogP contribution in [0.1, 0.15) is 21.5 Å². The number of aromatic carboxylic acids is 1. The first-order valence-electron chi connectivity index (χ1n) is 5.96. The molecule has 0 aliphatic carbocycles. The van der Waals surface area contributed by atoms with Crippen molar-refractivity contribution in [3.63, 3.8) is 0 Å². The Bertz CT molecular complexity index is 741. The van der Waals surface area contributed by atoms with Crippen LogP contribution in [0, 0.1) is 17.1 Å². The lowest BCUT2D eigenvalue weighted by Crippen LogP contribution is -2.05. The second kappa shape index (κ2) is 6.25. The summed E-state index contributed by atoms with van der Waals surface area (Å²) in [6.07, 6.45) is 0. The lowest BCUT2D eigenvalue weighted by Gasteiger charge is -2.10. The van der Waals surface area contributed by atoms with Gasteiger partial charge in [0.1, 0.15) is 5.82 Å². The number of benzene rings is 2. The van der Waals surface area contributed by atoms with Gasteiger partial charge in [-0.15, -0.1) is 0 Å². The SMILES string of the molecule is N#Cc1ccc(NCc2cc(C(=O)O)ccc2F)c(Cl)c1. The molecule has 0 atom stereocenters. The summed E-state index contributed by atoms with van der Waals surface area (Å²) in [6, 6.07) is 10.2. The number of rotatable bonds is 4. The average molecular weight is 305 g/mol. The van der Waals surface area contributed by atoms with Gasteiger partial charge in [-0.1, -0.05) is 11.6 Å². The maximum Gasteiger partial charge on any atom is 0.335 e. The van der Waals surface area contributed by atoms with E-state index in [9.17, 15) is 9.18 Å². The molecule has 0 aromatic heterocycles. The summed E-state index contributed by atoms with van der Waals surface area (Å²) in [6.45, 7) is 0.0819. The van der Waals surface area contributed by atoms with Crippen LogP contribution in [0.2, 0.25) is 5.02 Å². The van der Waals surface area contributed by atoms with Gasteiger partial charge >= 0.3 is 5.97 Å². The summed E-state index contributed by atoms with van der Waals surface area (Å²) >= 11 is 5.99. The van der Waals surface area contributed by atoms with Crippen LogP contribution >= 0.6 is 11.6 Å². The molecule has 0 radical (unpaired) electrons. The van der Waals surface area contributed by atoms with Gasteiger partial charge in [0.25, 0.3) is 0 Å². The third kappa shape index (κ3) is 3.50. The lowest BCUT2D eigenvalue weighted by molar-refractivity contribution is 0.0696. The zero-order chi connectivity index (χ0) is 15.4. The Balaban J connectivity index is 2.18. The fourth-order valence-electron chi connectivity index (χ4n) is 1.76. The number of nitrogens with zero attached hydrogens (tertiary/aromatic N) is 1. The average Bonchev–Trinajstić information content (AvgIpc) is 2.47. The second-order valence-electron chi connectivity index (χ2n) is 4.27. The summed E-state index contributed by atoms with van der Waals surface area (Å²) < 4.78 is 13.6. The predicted octanol–water partition coefficient (Wildman–Crippen LogP) is 3.66. The Hall–Kier alpha value is -2.58. The van der Waals surface area contributed by atoms with Crippen molar-refractivity contribution < 1.29 is 14.3 Å². The number of hydrogen-bond acceptors (Lipinski definition) is 3. The number of nitrogens with one attached hydrogen (secondary N) is 1. The van der Waals surface area contributed by atoms with Crippen molar-refractivity contribution in [2.75, 3.05) is 5.32 Å². The van der Waals surface area contributed by atoms with Crippen LogP contribution in [0.5, 0.6) is 0 Å². The van der Waals surface area contributed by atoms with Gasteiger partial charge in [-0.3, -0.25) is 0 Å². The number of nitriles is 1. The van der Waals surface area contributed by atoms with Gasteiger partial charge in [-0.25, -0.2) is 9.18 Å². The zero-order valence-corrected chi connectivity index (χ0v) is 11.5. The van der Waals surface area contributed by atoms with Crippen LogP contribution in [0.25, 0.3) is 0 Å². The molecule has 0 unspecified atom stereocenters. The molecule has 0 aliphatic rings. The number of carboxylic acids is 1. The first-order valence-corrected chi connectivity index (χ1v) is 6.34. The molecule has 0 spiro atoms. The van der Waals surface area contributed by atoms with E-state index >= 15 is 0 Å². The first kappa shape index (κ1) is 14.8. The van der Waals surface area contributed by atoms with Crippen LogP contribution < -0.4 is 5.32 Å². The fraction of sp³-hybridized carbons (Fsp3) is 0.0667. The molecule has 2 aromatic rings. The van der Waals surface area contributed by atoms with Gasteiger partial charge in [-0.2, -0.15) is 5.26 Å². The highest BCUT2D eigenvalue weighted by atomic mass is 35.5. The van der Waals surface area contributed by atoms with Crippen molar-refractivity contribution >= 4 is 23.3 Å². The van der Waals surface area contributed by atoms with Crippen molar-refractivity contribution in [2.24, 2.45) is 0 Å². The van der Waals surface area contributed by atoms with Crippen LogP contribution in [0.4, 0.5) is 10.1 Å². The van der Waals surface area contributed by atoms with E-state index in [2.05, 4.69) is 5.32 Å². The van der Waals surface area contributed by atoms with E-state index in [1.807, 2.05) is 6.07 Å². The fourth-order valence-corrected chi connectivity index (χ4v) is 2.01. The van der Waals surface area contributed by atoms with Crippen LogP contribution in [-0.4, -0.2) is 11.1 Å². The Morgan fingerprint density at radius 2 is 2.10 bits per heavy atom. The highest BCUT2D eigenvalue weighted by Crippen LogP contribution is 2.24. The minimum Gasteiger partial charge on any atom is -0.478 e. The summed E-state index contributed by atoms with van der Waals surface area (Å²) in [4.78, 5) is 10.9. The van der Waals surface area contributed by atoms with Crippen LogP contribution in [0.15, 0.2) is 36.4 Å². The maximum atomic E-state index is 13.6. The molecule has 2 N–H and O–H groups in total. The molecule has 4 nitrogen and oxygen atoms in total. The summed E-state index contributed by atoms with van der Waals surface area (Å²) in [7, 11) is 0. The molecular formula is C15H10ClFN2O2. The van der Waals surface area contributed by atoms with E-state index in [-0.39, 0.29) is 17.7 Å². The molecule has 0 saturated carbocycles. The Labute approximate surface area is 125 Å². The maximum absolute atomic E-state index is 13.6. The zero-order valence-electron chi connectivity index (χ0n) is 10.7. The van der Waals surface area contributed by atoms with E-state index < -0.39 is 11.8 Å². The third-order valence-corrected chi connectivity index (χ3v) is 3.17. The van der Waals surface area contributed by atoms with E-state index in [0.29, 0.717) is 16.3 Å². The summed E-state index contributed by atoms with van der Waals surface area (Å²) in [5.74, 6) is -1.62. The highest BCUT2D eigenvalue weighted by Gasteiger charge is 2.09. The number of anilines is 1. The smallest absolute Gasteiger partial charge is 0.335 e. The van der Waals surface area contributed by atoms with Gasteiger partial charge in [-0.05, 0) is 36.4 Å². The second-order valence-corrected chi connectivity index (χ2v) is 4.68. The number of halogens is 2. The Kier molecular flexibility index (Phi) is 4.41. The molecule has 0 aliphatic heterocycles. The van der Waals surface area contributed by atoms with Gasteiger partial charge in [0.05, 0.1) is 27.9 Å². The molecule has 21 heavy (non-hydrogen) atoms. The monoisotopic (exact) mass is 304 g/mol. The standard InChI is InChI=1S/C15H10ClFN2O2/c16-12-5-9(7-18)1-4-14(12)19-8-11-6-10(15(20)21)2-3-13(11)17/h1-6,19H,8H2,(H,20,21). The molecule has 0 fully saturated rings. The first-order chi connectivity index (χ1) is 10.0. The van der Waals surface area contributed by atoms with Crippen molar-refractivity contribution in [1.29, 1.82) is 5.26 Å². The van der Waals surface area contributed by atoms with E-state index in [1.165, 1.54) is 18.2 Å². The minimum atomic E-state index is -1.12. The molecule has 0 heterocycles.